The standard InChI is InChI=1S/C58H111NO5/c1-3-5-7-9-11-13-15-17-19-21-23-25-27-29-31-36-40-44-48-52-58(63)64-53-49-45-41-37-33-32-35-39-43-47-51-57(62)59-55(54-60)56(61)50-46-42-38-34-30-28-26-24-22-20-18-16-14-12-10-8-6-4-2/h11,13,17,19,55-56,60-61H,3-10,12,14-16,18,20-54H2,1-2H3,(H,59,62)/b13-11-,19-17-. The molecule has 6 nitrogen and oxygen atoms in total. The molecule has 64 heavy (non-hydrogen) atoms. The second kappa shape index (κ2) is 54.0. The zero-order chi connectivity index (χ0) is 46.5. The van der Waals surface area contributed by atoms with Gasteiger partial charge >= 0.3 is 5.97 Å². The van der Waals surface area contributed by atoms with E-state index in [4.69, 9.17) is 4.74 Å². The van der Waals surface area contributed by atoms with Crippen LogP contribution in [0.25, 0.3) is 0 Å². The summed E-state index contributed by atoms with van der Waals surface area (Å²) in [6.07, 6.45) is 64.4. The molecular weight excluding hydrogens is 791 g/mol. The lowest BCUT2D eigenvalue weighted by Crippen LogP contribution is -2.45. The summed E-state index contributed by atoms with van der Waals surface area (Å²) in [7, 11) is 0. The lowest BCUT2D eigenvalue weighted by molar-refractivity contribution is -0.143. The third-order valence-electron chi connectivity index (χ3n) is 13.3. The molecule has 3 N–H and O–H groups in total. The van der Waals surface area contributed by atoms with E-state index in [9.17, 15) is 19.8 Å². The van der Waals surface area contributed by atoms with Crippen LogP contribution in [0.5, 0.6) is 0 Å². The smallest absolute Gasteiger partial charge is 0.305 e. The highest BCUT2D eigenvalue weighted by molar-refractivity contribution is 5.76. The van der Waals surface area contributed by atoms with Gasteiger partial charge in [0.15, 0.2) is 0 Å². The van der Waals surface area contributed by atoms with E-state index >= 15 is 0 Å². The molecule has 2 atom stereocenters. The Morgan fingerprint density at radius 1 is 0.438 bits per heavy atom. The molecule has 0 fully saturated rings. The Bertz CT molecular complexity index is 997. The zero-order valence-electron chi connectivity index (χ0n) is 43.0. The van der Waals surface area contributed by atoms with E-state index in [1.54, 1.807) is 0 Å². The summed E-state index contributed by atoms with van der Waals surface area (Å²) in [5.41, 5.74) is 0. The summed E-state index contributed by atoms with van der Waals surface area (Å²) < 4.78 is 5.47. The zero-order valence-corrected chi connectivity index (χ0v) is 43.0. The molecule has 1 amide bonds. The lowest BCUT2D eigenvalue weighted by atomic mass is 10.0. The number of aliphatic hydroxyl groups is 2. The minimum atomic E-state index is -0.680. The molecule has 0 aromatic rings. The van der Waals surface area contributed by atoms with Gasteiger partial charge in [0.25, 0.3) is 0 Å². The first-order chi connectivity index (χ1) is 31.5. The average Bonchev–Trinajstić information content (AvgIpc) is 3.29. The van der Waals surface area contributed by atoms with E-state index in [2.05, 4.69) is 43.5 Å². The van der Waals surface area contributed by atoms with Gasteiger partial charge in [-0.15, -0.1) is 0 Å². The number of allylic oxidation sites excluding steroid dienone is 4. The maximum atomic E-state index is 12.5. The van der Waals surface area contributed by atoms with Crippen molar-refractivity contribution in [2.24, 2.45) is 0 Å². The largest absolute Gasteiger partial charge is 0.466 e. The highest BCUT2D eigenvalue weighted by Crippen LogP contribution is 2.17. The predicted octanol–water partition coefficient (Wildman–Crippen LogP) is 17.5. The van der Waals surface area contributed by atoms with Crippen LogP contribution < -0.4 is 5.32 Å². The number of hydrogen-bond acceptors (Lipinski definition) is 5. The number of esters is 1. The van der Waals surface area contributed by atoms with Crippen molar-refractivity contribution in [1.29, 1.82) is 0 Å². The number of carbonyl (C=O) groups excluding carboxylic acids is 2. The van der Waals surface area contributed by atoms with Gasteiger partial charge in [-0.1, -0.05) is 263 Å². The molecule has 0 aliphatic rings. The molecule has 0 saturated heterocycles. The van der Waals surface area contributed by atoms with Crippen LogP contribution in [0.1, 0.15) is 309 Å². The molecule has 0 rings (SSSR count). The number of nitrogens with one attached hydrogen (secondary N) is 1. The molecular formula is C58H111NO5. The average molecular weight is 903 g/mol. The van der Waals surface area contributed by atoms with Crippen molar-refractivity contribution in [3.05, 3.63) is 24.3 Å². The Balaban J connectivity index is 3.46. The van der Waals surface area contributed by atoms with Gasteiger partial charge in [-0.05, 0) is 57.8 Å². The van der Waals surface area contributed by atoms with Gasteiger partial charge in [-0.25, -0.2) is 0 Å². The number of unbranched alkanes of at least 4 members (excludes halogenated alkanes) is 38. The summed E-state index contributed by atoms with van der Waals surface area (Å²) in [6, 6.07) is -0.559. The van der Waals surface area contributed by atoms with Crippen LogP contribution in [0.15, 0.2) is 24.3 Å². The molecule has 0 aromatic carbocycles. The summed E-state index contributed by atoms with van der Waals surface area (Å²) in [6.45, 7) is 4.89. The van der Waals surface area contributed by atoms with E-state index in [-0.39, 0.29) is 18.5 Å². The monoisotopic (exact) mass is 902 g/mol. The lowest BCUT2D eigenvalue weighted by Gasteiger charge is -2.22. The fourth-order valence-corrected chi connectivity index (χ4v) is 8.85. The topological polar surface area (TPSA) is 95.9 Å². The molecule has 0 aliphatic carbocycles. The van der Waals surface area contributed by atoms with Crippen molar-refractivity contribution in [1.82, 2.24) is 5.32 Å². The van der Waals surface area contributed by atoms with Gasteiger partial charge in [0, 0.05) is 12.8 Å². The first-order valence-electron chi connectivity index (χ1n) is 28.6. The van der Waals surface area contributed by atoms with Crippen molar-refractivity contribution in [3.63, 3.8) is 0 Å². The van der Waals surface area contributed by atoms with Crippen molar-refractivity contribution >= 4 is 11.9 Å². The quantitative estimate of drug-likeness (QED) is 0.0321. The summed E-state index contributed by atoms with van der Waals surface area (Å²) >= 11 is 0. The molecule has 0 spiro atoms. The Kier molecular flexibility index (Phi) is 52.6. The van der Waals surface area contributed by atoms with Crippen LogP contribution in [0.2, 0.25) is 0 Å². The highest BCUT2D eigenvalue weighted by atomic mass is 16.5. The maximum absolute atomic E-state index is 12.5. The fourth-order valence-electron chi connectivity index (χ4n) is 8.85. The molecule has 378 valence electrons. The minimum absolute atomic E-state index is 0.0219. The second-order valence-electron chi connectivity index (χ2n) is 19.6. The highest BCUT2D eigenvalue weighted by Gasteiger charge is 2.20. The number of aliphatic hydroxyl groups excluding tert-OH is 2. The van der Waals surface area contributed by atoms with Crippen molar-refractivity contribution in [2.75, 3.05) is 13.2 Å². The van der Waals surface area contributed by atoms with Gasteiger partial charge in [0.05, 0.1) is 25.4 Å². The third kappa shape index (κ3) is 49.8. The number of amides is 1. The molecule has 0 heterocycles. The first kappa shape index (κ1) is 62.3. The van der Waals surface area contributed by atoms with Crippen molar-refractivity contribution < 1.29 is 24.5 Å². The van der Waals surface area contributed by atoms with Gasteiger partial charge in [-0.2, -0.15) is 0 Å². The molecule has 0 aliphatic heterocycles. The normalized spacial score (nSPS) is 12.8. The number of rotatable bonds is 53. The van der Waals surface area contributed by atoms with Gasteiger partial charge in [0.2, 0.25) is 5.91 Å². The Hall–Kier alpha value is -1.66. The second-order valence-corrected chi connectivity index (χ2v) is 19.6. The van der Waals surface area contributed by atoms with Crippen LogP contribution in [0.3, 0.4) is 0 Å². The fraction of sp³-hybridized carbons (Fsp3) is 0.897. The Morgan fingerprint density at radius 2 is 0.781 bits per heavy atom. The maximum Gasteiger partial charge on any atom is 0.305 e. The number of ether oxygens (including phenoxy) is 1. The van der Waals surface area contributed by atoms with Crippen LogP contribution >= 0.6 is 0 Å². The van der Waals surface area contributed by atoms with Gasteiger partial charge < -0.3 is 20.3 Å². The molecule has 2 unspecified atom stereocenters. The number of hydrogen-bond donors (Lipinski definition) is 3. The Morgan fingerprint density at radius 3 is 1.22 bits per heavy atom. The molecule has 0 aromatic heterocycles. The molecule has 0 bridgehead atoms. The summed E-state index contributed by atoms with van der Waals surface area (Å²) in [4.78, 5) is 24.6. The summed E-state index contributed by atoms with van der Waals surface area (Å²) in [5, 5.41) is 23.3. The van der Waals surface area contributed by atoms with E-state index in [1.165, 1.54) is 212 Å². The molecule has 6 heteroatoms. The van der Waals surface area contributed by atoms with Crippen molar-refractivity contribution in [2.45, 2.75) is 321 Å². The van der Waals surface area contributed by atoms with Crippen LogP contribution in [-0.4, -0.2) is 47.4 Å². The molecule has 0 saturated carbocycles. The SMILES string of the molecule is CCCCC/C=C\C/C=C\CCCCCCCCCCCC(=O)OCCCCCCCCCCCCC(=O)NC(CO)C(O)CCCCCCCCCCCCCCCCCCCC. The summed E-state index contributed by atoms with van der Waals surface area (Å²) in [5.74, 6) is -0.0777. The predicted molar refractivity (Wildman–Crippen MR) is 278 cm³/mol. The van der Waals surface area contributed by atoms with Crippen LogP contribution in [0.4, 0.5) is 0 Å². The minimum Gasteiger partial charge on any atom is -0.466 e. The van der Waals surface area contributed by atoms with Gasteiger partial charge in [0.1, 0.15) is 0 Å². The van der Waals surface area contributed by atoms with Gasteiger partial charge in [-0.3, -0.25) is 9.59 Å². The van der Waals surface area contributed by atoms with E-state index < -0.39 is 12.1 Å². The van der Waals surface area contributed by atoms with Crippen LogP contribution in [0, 0.1) is 0 Å². The van der Waals surface area contributed by atoms with E-state index in [0.717, 1.165) is 64.2 Å². The third-order valence-corrected chi connectivity index (χ3v) is 13.3. The Labute approximate surface area is 399 Å². The van der Waals surface area contributed by atoms with E-state index in [0.29, 0.717) is 25.9 Å². The van der Waals surface area contributed by atoms with E-state index in [1.807, 2.05) is 0 Å². The van der Waals surface area contributed by atoms with Crippen molar-refractivity contribution in [3.8, 4) is 0 Å². The molecule has 0 radical (unpaired) electrons. The first-order valence-corrected chi connectivity index (χ1v) is 28.6. The van der Waals surface area contributed by atoms with Crippen LogP contribution in [-0.2, 0) is 14.3 Å². The number of carbonyl (C=O) groups is 2.